The van der Waals surface area contributed by atoms with Crippen LogP contribution in [0.2, 0.25) is 5.02 Å². The van der Waals surface area contributed by atoms with E-state index in [0.29, 0.717) is 33.4 Å². The summed E-state index contributed by atoms with van der Waals surface area (Å²) >= 11 is 8.63. The number of methoxy groups -OCH3 is 1. The number of thioether (sulfide) groups is 1. The zero-order valence-electron chi connectivity index (χ0n) is 18.5. The van der Waals surface area contributed by atoms with E-state index in [4.69, 9.17) is 21.1 Å². The first-order chi connectivity index (χ1) is 16.6. The molecule has 0 unspecified atom stereocenters. The van der Waals surface area contributed by atoms with Crippen molar-refractivity contribution in [1.29, 1.82) is 0 Å². The van der Waals surface area contributed by atoms with Gasteiger partial charge in [-0.1, -0.05) is 35.5 Å². The van der Waals surface area contributed by atoms with Crippen LogP contribution in [-0.4, -0.2) is 38.5 Å². The zero-order valence-corrected chi connectivity index (χ0v) is 20.9. The van der Waals surface area contributed by atoms with Crippen LogP contribution < -0.4 is 14.8 Å². The second kappa shape index (κ2) is 11.4. The van der Waals surface area contributed by atoms with Gasteiger partial charge in [0, 0.05) is 22.5 Å². The molecule has 2 aromatic carbocycles. The number of carbonyl (C=O) groups is 1. The zero-order chi connectivity index (χ0) is 23.9. The van der Waals surface area contributed by atoms with Crippen LogP contribution in [0.3, 0.4) is 0 Å². The highest BCUT2D eigenvalue weighted by atomic mass is 35.5. The smallest absolute Gasteiger partial charge is 0.236 e. The number of thiazole rings is 1. The quantitative estimate of drug-likeness (QED) is 0.283. The number of carbonyl (C=O) groups excluding carboxylic acids is 1. The molecule has 1 amide bonds. The lowest BCUT2D eigenvalue weighted by Gasteiger charge is -2.09. The number of nitrogens with zero attached hydrogens (tertiary/aromatic N) is 4. The van der Waals surface area contributed by atoms with E-state index in [9.17, 15) is 4.79 Å². The summed E-state index contributed by atoms with van der Waals surface area (Å²) in [6.45, 7) is 2.93. The second-order valence-corrected chi connectivity index (χ2v) is 9.23. The van der Waals surface area contributed by atoms with E-state index >= 15 is 0 Å². The van der Waals surface area contributed by atoms with E-state index < -0.39 is 0 Å². The maximum absolute atomic E-state index is 12.5. The van der Waals surface area contributed by atoms with E-state index in [1.807, 2.05) is 65.4 Å². The van der Waals surface area contributed by atoms with Crippen LogP contribution >= 0.6 is 34.7 Å². The average Bonchev–Trinajstić information content (AvgIpc) is 3.48. The van der Waals surface area contributed by atoms with E-state index in [1.54, 1.807) is 7.11 Å². The molecule has 11 heteroatoms. The Kier molecular flexibility index (Phi) is 8.04. The number of amides is 1. The van der Waals surface area contributed by atoms with Crippen molar-refractivity contribution in [2.45, 2.75) is 25.2 Å². The normalized spacial score (nSPS) is 10.8. The summed E-state index contributed by atoms with van der Waals surface area (Å²) in [5.41, 5.74) is 1.73. The first-order valence-electron chi connectivity index (χ1n) is 10.4. The molecule has 0 bridgehead atoms. The van der Waals surface area contributed by atoms with Gasteiger partial charge in [-0.3, -0.25) is 4.79 Å². The van der Waals surface area contributed by atoms with Gasteiger partial charge in [-0.25, -0.2) is 4.98 Å². The van der Waals surface area contributed by atoms with E-state index in [1.165, 1.54) is 23.1 Å². The first-order valence-corrected chi connectivity index (χ1v) is 12.6. The lowest BCUT2D eigenvalue weighted by atomic mass is 10.2. The molecule has 0 aliphatic rings. The molecular formula is C23H22ClN5O3S2. The standard InChI is InChI=1S/C23H22ClN5O3S2/c1-3-29-20(12-32-18-10-8-17(31-2)9-11-18)27-28-23(29)34-14-21(30)26-22-25-19(13-33-22)15-4-6-16(24)7-5-15/h4-11,13H,3,12,14H2,1-2H3,(H,25,26,30). The van der Waals surface area contributed by atoms with Gasteiger partial charge in [0.2, 0.25) is 5.91 Å². The molecule has 34 heavy (non-hydrogen) atoms. The highest BCUT2D eigenvalue weighted by Crippen LogP contribution is 2.26. The Balaban J connectivity index is 1.31. The fraction of sp³-hybridized carbons (Fsp3) is 0.217. The molecule has 2 heterocycles. The molecule has 0 spiro atoms. The van der Waals surface area contributed by atoms with E-state index in [2.05, 4.69) is 20.5 Å². The summed E-state index contributed by atoms with van der Waals surface area (Å²) in [6, 6.07) is 14.8. The van der Waals surface area contributed by atoms with E-state index in [0.717, 1.165) is 17.0 Å². The van der Waals surface area contributed by atoms with Crippen LogP contribution in [-0.2, 0) is 17.9 Å². The number of hydrogen-bond acceptors (Lipinski definition) is 8. The van der Waals surface area contributed by atoms with Gasteiger partial charge < -0.3 is 19.4 Å². The van der Waals surface area contributed by atoms with Gasteiger partial charge in [-0.15, -0.1) is 21.5 Å². The van der Waals surface area contributed by atoms with Crippen LogP contribution in [0, 0.1) is 0 Å². The molecule has 0 saturated carbocycles. The fourth-order valence-corrected chi connectivity index (χ4v) is 4.72. The molecule has 2 aromatic heterocycles. The van der Waals surface area contributed by atoms with E-state index in [-0.39, 0.29) is 18.3 Å². The number of hydrogen-bond donors (Lipinski definition) is 1. The number of aromatic nitrogens is 4. The summed E-state index contributed by atoms with van der Waals surface area (Å²) < 4.78 is 12.9. The van der Waals surface area contributed by atoms with Crippen molar-refractivity contribution in [2.75, 3.05) is 18.2 Å². The Morgan fingerprint density at radius 2 is 1.85 bits per heavy atom. The number of anilines is 1. The Labute approximate surface area is 210 Å². The number of halogens is 1. The topological polar surface area (TPSA) is 91.2 Å². The largest absolute Gasteiger partial charge is 0.497 e. The SMILES string of the molecule is CCn1c(COc2ccc(OC)cc2)nnc1SCC(=O)Nc1nc(-c2ccc(Cl)cc2)cs1. The molecule has 0 aliphatic carbocycles. The molecule has 0 fully saturated rings. The van der Waals surface area contributed by atoms with Gasteiger partial charge in [-0.05, 0) is 43.3 Å². The summed E-state index contributed by atoms with van der Waals surface area (Å²) in [5.74, 6) is 2.19. The number of nitrogens with one attached hydrogen (secondary N) is 1. The minimum Gasteiger partial charge on any atom is -0.497 e. The lowest BCUT2D eigenvalue weighted by Crippen LogP contribution is -2.14. The molecule has 176 valence electrons. The van der Waals surface area contributed by atoms with Crippen molar-refractivity contribution in [3.63, 3.8) is 0 Å². The third-order valence-corrected chi connectivity index (χ3v) is 6.74. The molecule has 4 aromatic rings. The Morgan fingerprint density at radius 3 is 2.56 bits per heavy atom. The van der Waals surface area contributed by atoms with Crippen molar-refractivity contribution < 1.29 is 14.3 Å². The minimum absolute atomic E-state index is 0.163. The van der Waals surface area contributed by atoms with Gasteiger partial charge in [0.1, 0.15) is 18.1 Å². The summed E-state index contributed by atoms with van der Waals surface area (Å²) in [5, 5.41) is 15.1. The molecule has 4 rings (SSSR count). The first kappa shape index (κ1) is 24.1. The van der Waals surface area contributed by atoms with Gasteiger partial charge in [0.25, 0.3) is 0 Å². The van der Waals surface area contributed by atoms with Crippen LogP contribution in [0.4, 0.5) is 5.13 Å². The van der Waals surface area contributed by atoms with Crippen LogP contribution in [0.25, 0.3) is 11.3 Å². The highest BCUT2D eigenvalue weighted by Gasteiger charge is 2.15. The maximum Gasteiger partial charge on any atom is 0.236 e. The van der Waals surface area contributed by atoms with Gasteiger partial charge >= 0.3 is 0 Å². The third kappa shape index (κ3) is 6.07. The van der Waals surface area contributed by atoms with Gasteiger partial charge in [-0.2, -0.15) is 0 Å². The summed E-state index contributed by atoms with van der Waals surface area (Å²) in [6.07, 6.45) is 0. The van der Waals surface area contributed by atoms with Crippen LogP contribution in [0.5, 0.6) is 11.5 Å². The average molecular weight is 516 g/mol. The van der Waals surface area contributed by atoms with Crippen molar-refractivity contribution in [2.24, 2.45) is 0 Å². The summed E-state index contributed by atoms with van der Waals surface area (Å²) in [4.78, 5) is 17.0. The second-order valence-electron chi connectivity index (χ2n) is 6.99. The molecule has 0 atom stereocenters. The lowest BCUT2D eigenvalue weighted by molar-refractivity contribution is -0.113. The maximum atomic E-state index is 12.5. The monoisotopic (exact) mass is 515 g/mol. The minimum atomic E-state index is -0.163. The fourth-order valence-electron chi connectivity index (χ4n) is 3.04. The number of rotatable bonds is 10. The van der Waals surface area contributed by atoms with Crippen molar-refractivity contribution in [3.05, 3.63) is 64.8 Å². The molecule has 0 aliphatic heterocycles. The molecule has 0 radical (unpaired) electrons. The van der Waals surface area contributed by atoms with Crippen LogP contribution in [0.15, 0.2) is 59.1 Å². The third-order valence-electron chi connectivity index (χ3n) is 4.76. The molecule has 0 saturated heterocycles. The predicted octanol–water partition coefficient (Wildman–Crippen LogP) is 5.39. The number of ether oxygens (including phenoxy) is 2. The van der Waals surface area contributed by atoms with Crippen molar-refractivity contribution in [1.82, 2.24) is 19.7 Å². The Morgan fingerprint density at radius 1 is 1.12 bits per heavy atom. The van der Waals surface area contributed by atoms with Gasteiger partial charge in [0.15, 0.2) is 16.1 Å². The van der Waals surface area contributed by atoms with Gasteiger partial charge in [0.05, 0.1) is 18.6 Å². The Hall–Kier alpha value is -3.08. The molecule has 1 N–H and O–H groups in total. The number of benzene rings is 2. The van der Waals surface area contributed by atoms with Crippen LogP contribution in [0.1, 0.15) is 12.7 Å². The highest BCUT2D eigenvalue weighted by molar-refractivity contribution is 7.99. The Bertz CT molecular complexity index is 1240. The molecular weight excluding hydrogens is 494 g/mol. The predicted molar refractivity (Wildman–Crippen MR) is 135 cm³/mol. The van der Waals surface area contributed by atoms with Crippen molar-refractivity contribution >= 4 is 45.7 Å². The molecule has 8 nitrogen and oxygen atoms in total. The van der Waals surface area contributed by atoms with Crippen molar-refractivity contribution in [3.8, 4) is 22.8 Å². The summed E-state index contributed by atoms with van der Waals surface area (Å²) in [7, 11) is 1.62.